The fourth-order valence-corrected chi connectivity index (χ4v) is 5.88. The molecule has 0 radical (unpaired) electrons. The van der Waals surface area contributed by atoms with Crippen molar-refractivity contribution in [3.63, 3.8) is 0 Å². The Morgan fingerprint density at radius 2 is 1.54 bits per heavy atom. The van der Waals surface area contributed by atoms with Crippen LogP contribution >= 0.6 is 0 Å². The zero-order valence-electron chi connectivity index (χ0n) is 16.4. The Labute approximate surface area is 167 Å². The molecule has 2 fully saturated rings. The highest BCUT2D eigenvalue weighted by Gasteiger charge is 2.50. The number of amides is 1. The lowest BCUT2D eigenvalue weighted by atomic mass is 9.86. The van der Waals surface area contributed by atoms with Crippen molar-refractivity contribution in [3.8, 4) is 0 Å². The molecule has 2 saturated heterocycles. The first kappa shape index (κ1) is 19.2. The molecule has 2 aliphatic heterocycles. The smallest absolute Gasteiger partial charge is 0.227 e. The average molecular weight is 399 g/mol. The molecular formula is C22H26N2O3S. The average Bonchev–Trinajstić information content (AvgIpc) is 3.21. The van der Waals surface area contributed by atoms with E-state index in [0.29, 0.717) is 26.1 Å². The van der Waals surface area contributed by atoms with E-state index in [0.717, 1.165) is 28.8 Å². The standard InChI is InChI=1S/C22H26N2O3S/c1-17-3-7-19(8-4-17)14-28(26,27)23-12-11-22(15-23)13-21(25)24(16-22)20-9-5-18(2)6-10-20/h3-10H,11-16H2,1-2H3/t22-/m0/s1. The van der Waals surface area contributed by atoms with Crippen molar-refractivity contribution in [3.05, 3.63) is 65.2 Å². The second kappa shape index (κ2) is 7.01. The maximum atomic E-state index is 12.9. The van der Waals surface area contributed by atoms with Crippen LogP contribution in [-0.2, 0) is 20.6 Å². The minimum Gasteiger partial charge on any atom is -0.312 e. The molecule has 28 heavy (non-hydrogen) atoms. The van der Waals surface area contributed by atoms with Crippen LogP contribution in [0.3, 0.4) is 0 Å². The van der Waals surface area contributed by atoms with Crippen LogP contribution in [0, 0.1) is 19.3 Å². The van der Waals surface area contributed by atoms with Crippen molar-refractivity contribution >= 4 is 21.6 Å². The topological polar surface area (TPSA) is 57.7 Å². The minimum absolute atomic E-state index is 0.0129. The molecule has 0 saturated carbocycles. The first-order valence-corrected chi connectivity index (χ1v) is 11.3. The summed E-state index contributed by atoms with van der Waals surface area (Å²) in [6.07, 6.45) is 1.14. The summed E-state index contributed by atoms with van der Waals surface area (Å²) in [7, 11) is -3.39. The predicted octanol–water partition coefficient (Wildman–Crippen LogP) is 3.26. The van der Waals surface area contributed by atoms with Crippen molar-refractivity contribution in [1.82, 2.24) is 4.31 Å². The van der Waals surface area contributed by atoms with E-state index in [1.807, 2.05) is 67.3 Å². The third-order valence-electron chi connectivity index (χ3n) is 5.93. The van der Waals surface area contributed by atoms with Gasteiger partial charge in [0.1, 0.15) is 0 Å². The van der Waals surface area contributed by atoms with Crippen LogP contribution in [-0.4, -0.2) is 38.3 Å². The Kier molecular flexibility index (Phi) is 4.79. The van der Waals surface area contributed by atoms with E-state index in [4.69, 9.17) is 0 Å². The summed E-state index contributed by atoms with van der Waals surface area (Å²) in [5, 5.41) is 0. The molecule has 0 unspecified atom stereocenters. The zero-order valence-corrected chi connectivity index (χ0v) is 17.2. The van der Waals surface area contributed by atoms with Gasteiger partial charge in [-0.2, -0.15) is 0 Å². The van der Waals surface area contributed by atoms with Gasteiger partial charge in [0, 0.05) is 37.2 Å². The van der Waals surface area contributed by atoms with Gasteiger partial charge in [0.15, 0.2) is 0 Å². The van der Waals surface area contributed by atoms with Crippen LogP contribution in [0.1, 0.15) is 29.5 Å². The van der Waals surface area contributed by atoms with Crippen LogP contribution in [0.15, 0.2) is 48.5 Å². The molecule has 1 spiro atoms. The minimum atomic E-state index is -3.39. The van der Waals surface area contributed by atoms with Gasteiger partial charge in [-0.1, -0.05) is 47.5 Å². The molecule has 1 atom stereocenters. The lowest BCUT2D eigenvalue weighted by Crippen LogP contribution is -2.34. The monoisotopic (exact) mass is 398 g/mol. The molecule has 0 aliphatic carbocycles. The van der Waals surface area contributed by atoms with Gasteiger partial charge >= 0.3 is 0 Å². The van der Waals surface area contributed by atoms with Crippen molar-refractivity contribution < 1.29 is 13.2 Å². The Bertz CT molecular complexity index is 983. The maximum Gasteiger partial charge on any atom is 0.227 e. The molecule has 0 N–H and O–H groups in total. The van der Waals surface area contributed by atoms with Gasteiger partial charge in [-0.15, -0.1) is 0 Å². The zero-order chi connectivity index (χ0) is 19.9. The van der Waals surface area contributed by atoms with E-state index in [2.05, 4.69) is 0 Å². The van der Waals surface area contributed by atoms with Crippen molar-refractivity contribution in [2.24, 2.45) is 5.41 Å². The van der Waals surface area contributed by atoms with Crippen molar-refractivity contribution in [1.29, 1.82) is 0 Å². The van der Waals surface area contributed by atoms with E-state index < -0.39 is 10.0 Å². The quantitative estimate of drug-likeness (QED) is 0.794. The lowest BCUT2D eigenvalue weighted by molar-refractivity contribution is -0.117. The largest absolute Gasteiger partial charge is 0.312 e. The van der Waals surface area contributed by atoms with Crippen LogP contribution in [0.5, 0.6) is 0 Å². The lowest BCUT2D eigenvalue weighted by Gasteiger charge is -2.24. The number of sulfonamides is 1. The molecule has 2 aliphatic rings. The number of aryl methyl sites for hydroxylation is 2. The number of hydrogen-bond acceptors (Lipinski definition) is 3. The van der Waals surface area contributed by atoms with Gasteiger partial charge in [-0.3, -0.25) is 4.79 Å². The summed E-state index contributed by atoms with van der Waals surface area (Å²) in [5.41, 5.74) is 3.69. The highest BCUT2D eigenvalue weighted by Crippen LogP contribution is 2.42. The number of hydrogen-bond donors (Lipinski definition) is 0. The van der Waals surface area contributed by atoms with E-state index in [-0.39, 0.29) is 17.1 Å². The number of nitrogens with zero attached hydrogens (tertiary/aromatic N) is 2. The molecule has 2 heterocycles. The maximum absolute atomic E-state index is 12.9. The van der Waals surface area contributed by atoms with Crippen molar-refractivity contribution in [2.45, 2.75) is 32.4 Å². The molecule has 1 amide bonds. The van der Waals surface area contributed by atoms with Gasteiger partial charge in [-0.25, -0.2) is 12.7 Å². The van der Waals surface area contributed by atoms with Gasteiger partial charge < -0.3 is 4.90 Å². The highest BCUT2D eigenvalue weighted by molar-refractivity contribution is 7.88. The summed E-state index contributed by atoms with van der Waals surface area (Å²) in [5.74, 6) is 0.0977. The Balaban J connectivity index is 1.48. The molecule has 6 heteroatoms. The number of benzene rings is 2. The van der Waals surface area contributed by atoms with Gasteiger partial charge in [0.25, 0.3) is 0 Å². The van der Waals surface area contributed by atoms with Gasteiger partial charge in [0.05, 0.1) is 5.75 Å². The van der Waals surface area contributed by atoms with E-state index in [1.54, 1.807) is 4.31 Å². The van der Waals surface area contributed by atoms with E-state index in [1.165, 1.54) is 0 Å². The van der Waals surface area contributed by atoms with Crippen LogP contribution in [0.25, 0.3) is 0 Å². The fourth-order valence-electron chi connectivity index (χ4n) is 4.25. The molecule has 0 aromatic heterocycles. The Morgan fingerprint density at radius 1 is 0.929 bits per heavy atom. The number of rotatable bonds is 4. The van der Waals surface area contributed by atoms with Crippen LogP contribution in [0.2, 0.25) is 0 Å². The molecule has 4 rings (SSSR count). The summed E-state index contributed by atoms with van der Waals surface area (Å²) < 4.78 is 27.4. The Morgan fingerprint density at radius 3 is 2.18 bits per heavy atom. The van der Waals surface area contributed by atoms with Crippen LogP contribution < -0.4 is 4.90 Å². The molecular weight excluding hydrogens is 372 g/mol. The molecule has 0 bridgehead atoms. The van der Waals surface area contributed by atoms with Crippen molar-refractivity contribution in [2.75, 3.05) is 24.5 Å². The molecule has 2 aromatic carbocycles. The second-order valence-electron chi connectivity index (χ2n) is 8.32. The third-order valence-corrected chi connectivity index (χ3v) is 7.73. The van der Waals surface area contributed by atoms with E-state index >= 15 is 0 Å². The second-order valence-corrected chi connectivity index (χ2v) is 10.3. The summed E-state index contributed by atoms with van der Waals surface area (Å²) in [6, 6.07) is 15.5. The predicted molar refractivity (Wildman–Crippen MR) is 111 cm³/mol. The fraction of sp³-hybridized carbons (Fsp3) is 0.409. The molecule has 2 aromatic rings. The molecule has 5 nitrogen and oxygen atoms in total. The number of carbonyl (C=O) groups excluding carboxylic acids is 1. The van der Waals surface area contributed by atoms with Crippen LogP contribution in [0.4, 0.5) is 5.69 Å². The summed E-state index contributed by atoms with van der Waals surface area (Å²) in [4.78, 5) is 14.5. The summed E-state index contributed by atoms with van der Waals surface area (Å²) in [6.45, 7) is 5.51. The summed E-state index contributed by atoms with van der Waals surface area (Å²) >= 11 is 0. The first-order valence-electron chi connectivity index (χ1n) is 9.67. The van der Waals surface area contributed by atoms with Gasteiger partial charge in [-0.05, 0) is 38.0 Å². The van der Waals surface area contributed by atoms with E-state index in [9.17, 15) is 13.2 Å². The Hall–Kier alpha value is -2.18. The highest BCUT2D eigenvalue weighted by atomic mass is 32.2. The third kappa shape index (κ3) is 3.71. The SMILES string of the molecule is Cc1ccc(CS(=O)(=O)N2CC[C@]3(CC(=O)N(c4ccc(C)cc4)C3)C2)cc1. The molecule has 148 valence electrons. The normalized spacial score (nSPS) is 23.1. The van der Waals surface area contributed by atoms with Gasteiger partial charge in [0.2, 0.25) is 15.9 Å². The number of anilines is 1. The number of carbonyl (C=O) groups is 1. The first-order chi connectivity index (χ1) is 13.3.